The first-order valence-corrected chi connectivity index (χ1v) is 42.2. The highest BCUT2D eigenvalue weighted by Crippen LogP contribution is 2.32. The van der Waals surface area contributed by atoms with Crippen molar-refractivity contribution in [2.24, 2.45) is 0 Å². The molecule has 0 radical (unpaired) electrons. The van der Waals surface area contributed by atoms with E-state index in [0.29, 0.717) is 116 Å². The normalized spacial score (nSPS) is 25.9. The fourth-order valence-corrected chi connectivity index (χ4v) is 17.2. The molecule has 0 aromatic carbocycles. The number of Topliss-reactive ketones (excluding diaryl/α,β-unsaturated/α-hetero) is 1. The molecular weight excluding hydrogens is 1410 g/mol. The van der Waals surface area contributed by atoms with Gasteiger partial charge < -0.3 is 98.9 Å². The van der Waals surface area contributed by atoms with Crippen molar-refractivity contribution in [1.29, 1.82) is 0 Å². The van der Waals surface area contributed by atoms with Crippen LogP contribution < -0.4 is 74.4 Å². The minimum absolute atomic E-state index is 0.00496. The summed E-state index contributed by atoms with van der Waals surface area (Å²) in [6.45, 7) is 9.12. The molecule has 0 saturated carbocycles. The summed E-state index contributed by atoms with van der Waals surface area (Å²) in [6, 6.07) is -5.05. The molecule has 8 rings (SSSR count). The molecular formula is C78H140N20O12. The number of ketones is 1. The van der Waals surface area contributed by atoms with Crippen molar-refractivity contribution in [2.75, 3.05) is 133 Å². The Bertz CT molecular complexity index is 2750. The minimum atomic E-state index is -0.572. The van der Waals surface area contributed by atoms with E-state index in [9.17, 15) is 57.5 Å². The third-order valence-corrected chi connectivity index (χ3v) is 23.0. The zero-order chi connectivity index (χ0) is 79.2. The van der Waals surface area contributed by atoms with Crippen molar-refractivity contribution in [1.82, 2.24) is 104 Å². The van der Waals surface area contributed by atoms with Crippen LogP contribution in [0.1, 0.15) is 219 Å². The van der Waals surface area contributed by atoms with Gasteiger partial charge in [0, 0.05) is 159 Å². The Hall–Kier alpha value is -7.00. The predicted molar refractivity (Wildman–Crippen MR) is 422 cm³/mol. The summed E-state index contributed by atoms with van der Waals surface area (Å²) in [5, 5.41) is 43.4. The van der Waals surface area contributed by atoms with Gasteiger partial charge in [-0.3, -0.25) is 48.1 Å². The second-order valence-electron chi connectivity index (χ2n) is 32.1. The van der Waals surface area contributed by atoms with Crippen LogP contribution in [0.15, 0.2) is 0 Å². The highest BCUT2D eigenvalue weighted by molar-refractivity contribution is 5.89. The van der Waals surface area contributed by atoms with Crippen LogP contribution in [0.2, 0.25) is 0 Å². The number of carbonyl (C=O) groups is 12. The number of rotatable bonds is 41. The van der Waals surface area contributed by atoms with Gasteiger partial charge in [0.15, 0.2) is 5.78 Å². The van der Waals surface area contributed by atoms with Gasteiger partial charge >= 0.3 is 18.1 Å². The zero-order valence-electron chi connectivity index (χ0n) is 67.5. The van der Waals surface area contributed by atoms with Gasteiger partial charge in [-0.1, -0.05) is 58.3 Å². The van der Waals surface area contributed by atoms with Crippen molar-refractivity contribution in [2.45, 2.75) is 291 Å². The molecule has 8 fully saturated rings. The number of amides is 14. The number of hydrogen-bond acceptors (Lipinski definition) is 18. The second-order valence-corrected chi connectivity index (χ2v) is 32.1. The van der Waals surface area contributed by atoms with Gasteiger partial charge in [-0.2, -0.15) is 0 Å². The maximum absolute atomic E-state index is 14.1. The molecule has 10 unspecified atom stereocenters. The van der Waals surface area contributed by atoms with E-state index in [1.165, 1.54) is 0 Å². The highest BCUT2D eigenvalue weighted by Gasteiger charge is 2.48. The number of fused-ring (bicyclic) bond motifs is 6. The monoisotopic (exact) mass is 1550 g/mol. The van der Waals surface area contributed by atoms with Crippen molar-refractivity contribution >= 4 is 71.1 Å². The molecule has 0 aliphatic carbocycles. The minimum Gasteiger partial charge on any atom is -0.352 e. The molecule has 8 heterocycles. The van der Waals surface area contributed by atoms with Gasteiger partial charge in [0.25, 0.3) is 0 Å². The maximum atomic E-state index is 14.1. The molecule has 0 bridgehead atoms. The molecule has 8 aliphatic rings. The van der Waals surface area contributed by atoms with Crippen LogP contribution in [0, 0.1) is 0 Å². The van der Waals surface area contributed by atoms with Crippen LogP contribution >= 0.6 is 0 Å². The molecule has 14 amide bonds. The lowest BCUT2D eigenvalue weighted by atomic mass is 9.98. The van der Waals surface area contributed by atoms with Crippen LogP contribution in [0.5, 0.6) is 0 Å². The van der Waals surface area contributed by atoms with Gasteiger partial charge in [0.2, 0.25) is 47.3 Å². The fraction of sp³-hybridized carbons (Fsp3) is 0.846. The molecule has 110 heavy (non-hydrogen) atoms. The van der Waals surface area contributed by atoms with E-state index in [1.54, 1.807) is 24.5 Å². The smallest absolute Gasteiger partial charge is 0.317 e. The molecule has 14 N–H and O–H groups in total. The van der Waals surface area contributed by atoms with E-state index in [0.717, 1.165) is 155 Å². The molecule has 32 heteroatoms. The van der Waals surface area contributed by atoms with Crippen LogP contribution in [-0.2, 0) is 43.2 Å². The average Bonchev–Trinajstić information content (AvgIpc) is 1.66. The first-order valence-electron chi connectivity index (χ1n) is 42.2. The summed E-state index contributed by atoms with van der Waals surface area (Å²) in [5.74, 6) is -0.649. The zero-order valence-corrected chi connectivity index (χ0v) is 67.5. The second kappa shape index (κ2) is 49.5. The van der Waals surface area contributed by atoms with Gasteiger partial charge in [-0.15, -0.1) is 0 Å². The summed E-state index contributed by atoms with van der Waals surface area (Å²) in [6.07, 6.45) is 23.2. The Morgan fingerprint density at radius 3 is 0.900 bits per heavy atom. The largest absolute Gasteiger partial charge is 0.352 e. The Balaban J connectivity index is 0.000000306. The summed E-state index contributed by atoms with van der Waals surface area (Å²) in [7, 11) is 9.55. The van der Waals surface area contributed by atoms with Crippen molar-refractivity contribution in [3.63, 3.8) is 0 Å². The Morgan fingerprint density at radius 1 is 0.318 bits per heavy atom. The van der Waals surface area contributed by atoms with Crippen molar-refractivity contribution in [3.8, 4) is 0 Å². The fourth-order valence-electron chi connectivity index (χ4n) is 17.2. The van der Waals surface area contributed by atoms with Gasteiger partial charge in [-0.05, 0) is 177 Å². The lowest BCUT2D eigenvalue weighted by molar-refractivity contribution is -0.139. The average molecular weight is 1550 g/mol. The Labute approximate surface area is 654 Å². The first kappa shape index (κ1) is 90.2. The van der Waals surface area contributed by atoms with Gasteiger partial charge in [-0.25, -0.2) is 14.4 Å². The standard InChI is InChI=1S/C39H71N11O6.C39H69N9O6/c1-4-5-6-9-14-34(51)45-28-19-31-22-42-38(55)49-26-30(47-36(53)16-11-8-13-18-41-3)21-33(49)24-44-39(56)50-27-29(46-35(52)15-10-7-12-17-40-2)20-32(50)23-43-37(54)48(31)25-28;1-40-16-10-4-7-13-35(50)43-28-19-31-22-34(49)33-21-30(45-37(52)15-9-6-12-18-42-3)24-46(33)27-39(54)48-26-29(20-32(48)23-38(53)47(31)25-28)44-36(51)14-8-5-11-17-41-2/h28-33,40-41H,4-27H2,1-3H3,(H,42,55)(H,43,54)(H,44,56)(H,45,51)(H,46,52)(H,47,53);28-33,40-42H,4-27H2,1-3H3,(H,43,50)(H,44,51)(H,45,52)/t;28?,29?,30?,31-,32-,33?/m.0/s1. The Morgan fingerprint density at radius 2 is 0.591 bits per heavy atom. The predicted octanol–water partition coefficient (Wildman–Crippen LogP) is 1.76. The maximum Gasteiger partial charge on any atom is 0.317 e. The molecule has 0 aromatic rings. The quantitative estimate of drug-likeness (QED) is 0.0388. The molecule has 624 valence electrons. The lowest BCUT2D eigenvalue weighted by Crippen LogP contribution is -2.52. The number of hydrogen-bond donors (Lipinski definition) is 14. The van der Waals surface area contributed by atoms with Crippen LogP contribution in [0.4, 0.5) is 14.4 Å². The number of urea groups is 3. The van der Waals surface area contributed by atoms with E-state index in [2.05, 4.69) is 81.4 Å². The van der Waals surface area contributed by atoms with E-state index in [1.807, 2.05) is 40.1 Å². The van der Waals surface area contributed by atoms with Crippen molar-refractivity contribution < 1.29 is 57.5 Å². The summed E-state index contributed by atoms with van der Waals surface area (Å²) in [4.78, 5) is 171. The number of carbonyl (C=O) groups excluding carboxylic acids is 12. The topological polar surface area (TPSA) is 393 Å². The van der Waals surface area contributed by atoms with E-state index in [4.69, 9.17) is 0 Å². The van der Waals surface area contributed by atoms with Crippen LogP contribution in [0.3, 0.4) is 0 Å². The Kier molecular flexibility index (Phi) is 40.6. The molecule has 32 nitrogen and oxygen atoms in total. The SMILES string of the molecule is CCCCCCC(=O)NC1CC2CNC(=O)N3CC(NC(=O)CCCCCNC)CC3CNC(=O)N3CC(NC(=O)CCCCCNC)CC3CNC(=O)N2C1.CNCCCCCC(=O)NC1CC2C(=O)C[C@@H]3CC(NC(=O)CCCCCNC)CN3C(=O)C[C@@H]3CC(NC(=O)CCCCCNC)CN3C(=O)CN2C1. The van der Waals surface area contributed by atoms with Crippen LogP contribution in [0.25, 0.3) is 0 Å². The van der Waals surface area contributed by atoms with Gasteiger partial charge in [0.1, 0.15) is 0 Å². The third-order valence-electron chi connectivity index (χ3n) is 23.0. The summed E-state index contributed by atoms with van der Waals surface area (Å²) in [5.41, 5.74) is 0. The molecule has 12 atom stereocenters. The van der Waals surface area contributed by atoms with E-state index in [-0.39, 0.29) is 171 Å². The van der Waals surface area contributed by atoms with E-state index < -0.39 is 12.1 Å². The highest BCUT2D eigenvalue weighted by atomic mass is 16.2. The molecule has 8 saturated heterocycles. The number of unbranched alkanes of at least 4 members (excludes halogenated alkanes) is 13. The molecule has 8 aliphatic heterocycles. The number of nitrogens with one attached hydrogen (secondary N) is 14. The van der Waals surface area contributed by atoms with Crippen LogP contribution in [-0.4, -0.2) is 306 Å². The summed E-state index contributed by atoms with van der Waals surface area (Å²) < 4.78 is 0. The van der Waals surface area contributed by atoms with Gasteiger partial charge in [0.05, 0.1) is 30.7 Å². The molecule has 0 spiro atoms. The summed E-state index contributed by atoms with van der Waals surface area (Å²) >= 11 is 0. The third kappa shape index (κ3) is 30.8. The first-order chi connectivity index (χ1) is 53.2. The van der Waals surface area contributed by atoms with Crippen molar-refractivity contribution in [3.05, 3.63) is 0 Å². The molecule has 0 aromatic heterocycles. The lowest BCUT2D eigenvalue weighted by Gasteiger charge is -2.33. The van der Waals surface area contributed by atoms with E-state index >= 15 is 0 Å². The number of nitrogens with zero attached hydrogens (tertiary/aromatic N) is 6.